The molecule has 7 heteroatoms. The average Bonchev–Trinajstić information content (AvgIpc) is 3.21. The highest BCUT2D eigenvalue weighted by atomic mass is 32.1. The van der Waals surface area contributed by atoms with E-state index in [2.05, 4.69) is 20.4 Å². The van der Waals surface area contributed by atoms with E-state index in [9.17, 15) is 0 Å². The number of nitrogens with one attached hydrogen (secondary N) is 1. The van der Waals surface area contributed by atoms with Crippen molar-refractivity contribution in [1.29, 1.82) is 0 Å². The predicted molar refractivity (Wildman–Crippen MR) is 91.2 cm³/mol. The zero-order valence-electron chi connectivity index (χ0n) is 13.3. The fourth-order valence-electron chi connectivity index (χ4n) is 3.61. The first kappa shape index (κ1) is 14.4. The number of nitrogens with zero attached hydrogens (tertiary/aromatic N) is 3. The number of aryl methyl sites for hydroxylation is 2. The van der Waals surface area contributed by atoms with Gasteiger partial charge in [0.25, 0.3) is 0 Å². The molecule has 1 N–H and O–H groups in total. The zero-order chi connectivity index (χ0) is 15.9. The number of anilines is 1. The number of fused-ring (bicyclic) bond motifs is 4. The van der Waals surface area contributed by atoms with Gasteiger partial charge in [-0.15, -0.1) is 11.3 Å². The molecule has 0 bridgehead atoms. The minimum Gasteiger partial charge on any atom is -0.376 e. The lowest BCUT2D eigenvalue weighted by Gasteiger charge is -2.13. The Kier molecular flexibility index (Phi) is 3.48. The van der Waals surface area contributed by atoms with Crippen LogP contribution in [0.2, 0.25) is 0 Å². The van der Waals surface area contributed by atoms with Gasteiger partial charge < -0.3 is 14.6 Å². The van der Waals surface area contributed by atoms with E-state index in [1.807, 2.05) is 11.3 Å². The maximum atomic E-state index is 5.53. The van der Waals surface area contributed by atoms with Crippen molar-refractivity contribution in [1.82, 2.24) is 15.1 Å². The van der Waals surface area contributed by atoms with Gasteiger partial charge in [-0.2, -0.15) is 0 Å². The molecule has 0 amide bonds. The summed E-state index contributed by atoms with van der Waals surface area (Å²) in [7, 11) is 0. The van der Waals surface area contributed by atoms with Crippen molar-refractivity contribution in [3.8, 4) is 0 Å². The van der Waals surface area contributed by atoms with Crippen LogP contribution in [0.5, 0.6) is 0 Å². The Labute approximate surface area is 143 Å². The van der Waals surface area contributed by atoms with Gasteiger partial charge in [-0.25, -0.2) is 9.97 Å². The van der Waals surface area contributed by atoms with Crippen molar-refractivity contribution in [2.45, 2.75) is 45.3 Å². The summed E-state index contributed by atoms with van der Waals surface area (Å²) in [5, 5.41) is 8.86. The molecule has 0 spiro atoms. The van der Waals surface area contributed by atoms with Gasteiger partial charge in [-0.05, 0) is 31.2 Å². The molecule has 4 heterocycles. The lowest BCUT2D eigenvalue weighted by molar-refractivity contribution is 0.102. The van der Waals surface area contributed by atoms with Crippen molar-refractivity contribution in [2.75, 3.05) is 11.9 Å². The van der Waals surface area contributed by atoms with E-state index in [4.69, 9.17) is 9.26 Å². The summed E-state index contributed by atoms with van der Waals surface area (Å²) in [6.45, 7) is 1.89. The van der Waals surface area contributed by atoms with Crippen LogP contribution in [0.15, 0.2) is 10.9 Å². The topological polar surface area (TPSA) is 73.1 Å². The molecule has 3 aromatic heterocycles. The Hall–Kier alpha value is -1.99. The standard InChI is InChI=1S/C17H18N4O2S/c1-2-4-14-10(3-1)15-16(19-9-20-17(15)24-14)18-7-12-11-8-22-6-5-13(11)23-21-12/h9H,1-8H2,(H,18,19,20). The third kappa shape index (κ3) is 2.31. The second-order valence-corrected chi connectivity index (χ2v) is 7.38. The molecular formula is C17H18N4O2S. The highest BCUT2D eigenvalue weighted by Gasteiger charge is 2.22. The average molecular weight is 342 g/mol. The number of ether oxygens (including phenoxy) is 1. The smallest absolute Gasteiger partial charge is 0.144 e. The second kappa shape index (κ2) is 5.82. The fraction of sp³-hybridized carbons (Fsp3) is 0.471. The van der Waals surface area contributed by atoms with Crippen molar-refractivity contribution >= 4 is 27.4 Å². The lowest BCUT2D eigenvalue weighted by atomic mass is 9.97. The number of rotatable bonds is 3. The van der Waals surface area contributed by atoms with Gasteiger partial charge in [0.05, 0.1) is 25.1 Å². The molecule has 3 aromatic rings. The van der Waals surface area contributed by atoms with Gasteiger partial charge in [-0.3, -0.25) is 0 Å². The molecule has 0 saturated heterocycles. The molecule has 6 nitrogen and oxygen atoms in total. The normalized spacial score (nSPS) is 16.8. The molecule has 0 fully saturated rings. The lowest BCUT2D eigenvalue weighted by Crippen LogP contribution is -2.11. The summed E-state index contributed by atoms with van der Waals surface area (Å²) in [5.74, 6) is 1.87. The van der Waals surface area contributed by atoms with Crippen LogP contribution in [-0.2, 0) is 37.2 Å². The molecular weight excluding hydrogens is 324 g/mol. The van der Waals surface area contributed by atoms with Crippen molar-refractivity contribution in [3.63, 3.8) is 0 Å². The van der Waals surface area contributed by atoms with Crippen LogP contribution in [0.1, 0.15) is 40.3 Å². The fourth-order valence-corrected chi connectivity index (χ4v) is 4.84. The van der Waals surface area contributed by atoms with Gasteiger partial charge >= 0.3 is 0 Å². The van der Waals surface area contributed by atoms with E-state index in [1.54, 1.807) is 6.33 Å². The number of hydrogen-bond acceptors (Lipinski definition) is 7. The van der Waals surface area contributed by atoms with Gasteiger partial charge in [0.1, 0.15) is 28.4 Å². The van der Waals surface area contributed by atoms with E-state index in [1.165, 1.54) is 35.1 Å². The van der Waals surface area contributed by atoms with Gasteiger partial charge in [0, 0.05) is 16.9 Å². The predicted octanol–water partition coefficient (Wildman–Crippen LogP) is 3.24. The third-order valence-electron chi connectivity index (χ3n) is 4.85. The summed E-state index contributed by atoms with van der Waals surface area (Å²) in [6.07, 6.45) is 7.28. The Bertz CT molecular complexity index is 902. The summed E-state index contributed by atoms with van der Waals surface area (Å²) < 4.78 is 11.0. The van der Waals surface area contributed by atoms with Crippen LogP contribution in [0.4, 0.5) is 5.82 Å². The van der Waals surface area contributed by atoms with Crippen LogP contribution in [0, 0.1) is 0 Å². The molecule has 0 aromatic carbocycles. The largest absolute Gasteiger partial charge is 0.376 e. The first-order chi connectivity index (χ1) is 11.9. The molecule has 124 valence electrons. The van der Waals surface area contributed by atoms with Crippen LogP contribution in [0.25, 0.3) is 10.2 Å². The molecule has 0 atom stereocenters. The molecule has 0 unspecified atom stereocenters. The highest BCUT2D eigenvalue weighted by Crippen LogP contribution is 2.38. The summed E-state index contributed by atoms with van der Waals surface area (Å²) in [4.78, 5) is 11.5. The van der Waals surface area contributed by atoms with Gasteiger partial charge in [0.15, 0.2) is 0 Å². The number of hydrogen-bond donors (Lipinski definition) is 1. The Morgan fingerprint density at radius 2 is 2.08 bits per heavy atom. The third-order valence-corrected chi connectivity index (χ3v) is 6.05. The van der Waals surface area contributed by atoms with Crippen LogP contribution in [0.3, 0.4) is 0 Å². The van der Waals surface area contributed by atoms with Crippen LogP contribution >= 0.6 is 11.3 Å². The van der Waals surface area contributed by atoms with Crippen LogP contribution in [-0.4, -0.2) is 21.7 Å². The molecule has 2 aliphatic rings. The van der Waals surface area contributed by atoms with Gasteiger partial charge in [-0.1, -0.05) is 5.16 Å². The quantitative estimate of drug-likeness (QED) is 0.788. The summed E-state index contributed by atoms with van der Waals surface area (Å²) in [5.41, 5.74) is 3.45. The van der Waals surface area contributed by atoms with E-state index in [0.717, 1.165) is 40.5 Å². The number of thiophene rings is 1. The van der Waals surface area contributed by atoms with Crippen LogP contribution < -0.4 is 5.32 Å². The second-order valence-electron chi connectivity index (χ2n) is 6.30. The molecule has 1 aliphatic carbocycles. The first-order valence-corrected chi connectivity index (χ1v) is 9.25. The van der Waals surface area contributed by atoms with E-state index in [0.29, 0.717) is 19.8 Å². The Balaban J connectivity index is 1.47. The maximum absolute atomic E-state index is 5.53. The zero-order valence-corrected chi connectivity index (χ0v) is 14.1. The van der Waals surface area contributed by atoms with E-state index >= 15 is 0 Å². The van der Waals surface area contributed by atoms with Crippen molar-refractivity contribution in [2.24, 2.45) is 0 Å². The minimum absolute atomic E-state index is 0.586. The van der Waals surface area contributed by atoms with Gasteiger partial charge in [0.2, 0.25) is 0 Å². The molecule has 0 saturated carbocycles. The van der Waals surface area contributed by atoms with E-state index in [-0.39, 0.29) is 0 Å². The van der Waals surface area contributed by atoms with Crippen molar-refractivity contribution < 1.29 is 9.26 Å². The number of aromatic nitrogens is 3. The highest BCUT2D eigenvalue weighted by molar-refractivity contribution is 7.19. The maximum Gasteiger partial charge on any atom is 0.144 e. The first-order valence-electron chi connectivity index (χ1n) is 8.43. The van der Waals surface area contributed by atoms with Crippen molar-refractivity contribution in [3.05, 3.63) is 33.8 Å². The molecule has 0 radical (unpaired) electrons. The monoisotopic (exact) mass is 342 g/mol. The SMILES string of the molecule is c1nc(NCc2noc3c2COCC3)c2c3c(sc2n1)CCCC3. The van der Waals surface area contributed by atoms with E-state index < -0.39 is 0 Å². The molecule has 1 aliphatic heterocycles. The molecule has 5 rings (SSSR count). The minimum atomic E-state index is 0.586. The Morgan fingerprint density at radius 1 is 1.12 bits per heavy atom. The Morgan fingerprint density at radius 3 is 3.08 bits per heavy atom. The molecule has 24 heavy (non-hydrogen) atoms. The summed E-state index contributed by atoms with van der Waals surface area (Å²) >= 11 is 1.81. The summed E-state index contributed by atoms with van der Waals surface area (Å²) in [6, 6.07) is 0.